The lowest BCUT2D eigenvalue weighted by Crippen LogP contribution is -2.31. The second-order valence-electron chi connectivity index (χ2n) is 3.63. The number of amides is 1. The van der Waals surface area contributed by atoms with E-state index in [1.54, 1.807) is 11.9 Å². The molecular weight excluding hydrogens is 252 g/mol. The van der Waals surface area contributed by atoms with E-state index in [1.807, 2.05) is 30.3 Å². The minimum absolute atomic E-state index is 0.0927. The van der Waals surface area contributed by atoms with Crippen LogP contribution in [0.15, 0.2) is 35.2 Å². The summed E-state index contributed by atoms with van der Waals surface area (Å²) < 4.78 is 0. The molecule has 0 bridgehead atoms. The second kappa shape index (κ2) is 7.29. The van der Waals surface area contributed by atoms with Crippen LogP contribution in [-0.4, -0.2) is 35.1 Å². The molecule has 1 aromatic rings. The summed E-state index contributed by atoms with van der Waals surface area (Å²) in [5.74, 6) is 0.535. The van der Waals surface area contributed by atoms with Crippen LogP contribution in [0.3, 0.4) is 0 Å². The number of rotatable bonds is 6. The summed E-state index contributed by atoms with van der Waals surface area (Å²) in [5.41, 5.74) is 5.39. The topological polar surface area (TPSA) is 46.3 Å². The summed E-state index contributed by atoms with van der Waals surface area (Å²) in [6.07, 6.45) is 0.577. The maximum Gasteiger partial charge on any atom is 0.232 e. The monoisotopic (exact) mass is 268 g/mol. The Morgan fingerprint density at radius 3 is 2.65 bits per heavy atom. The van der Waals surface area contributed by atoms with Gasteiger partial charge in [0.25, 0.3) is 0 Å². The Morgan fingerprint density at radius 1 is 1.41 bits per heavy atom. The van der Waals surface area contributed by atoms with Gasteiger partial charge in [0.2, 0.25) is 5.91 Å². The highest BCUT2D eigenvalue weighted by molar-refractivity contribution is 8.00. The predicted molar refractivity (Wildman–Crippen MR) is 76.2 cm³/mol. The van der Waals surface area contributed by atoms with Crippen LogP contribution in [0.1, 0.15) is 6.42 Å². The fourth-order valence-corrected chi connectivity index (χ4v) is 2.13. The smallest absolute Gasteiger partial charge is 0.232 e. The Labute approximate surface area is 111 Å². The summed E-state index contributed by atoms with van der Waals surface area (Å²) in [5, 5.41) is 0. The molecule has 0 fully saturated rings. The molecule has 3 nitrogen and oxygen atoms in total. The number of benzene rings is 1. The average Bonchev–Trinajstić information content (AvgIpc) is 2.34. The Bertz CT molecular complexity index is 381. The molecule has 92 valence electrons. The molecule has 0 heterocycles. The molecule has 1 amide bonds. The van der Waals surface area contributed by atoms with Gasteiger partial charge in [0.05, 0.1) is 10.7 Å². The molecule has 0 saturated heterocycles. The van der Waals surface area contributed by atoms with Crippen molar-refractivity contribution < 1.29 is 4.79 Å². The van der Waals surface area contributed by atoms with Crippen LogP contribution in [0.25, 0.3) is 0 Å². The quantitative estimate of drug-likeness (QED) is 0.632. The van der Waals surface area contributed by atoms with Gasteiger partial charge in [0.1, 0.15) is 0 Å². The first-order chi connectivity index (χ1) is 8.09. The molecule has 0 radical (unpaired) electrons. The number of carbonyl (C=O) groups excluding carboxylic acids is 1. The van der Waals surface area contributed by atoms with E-state index in [-0.39, 0.29) is 5.91 Å². The number of thiocarbonyl (C=S) groups is 1. The highest BCUT2D eigenvalue weighted by Gasteiger charge is 2.09. The Morgan fingerprint density at radius 2 is 2.06 bits per heavy atom. The molecule has 0 aromatic heterocycles. The first kappa shape index (κ1) is 14.0. The molecule has 0 atom stereocenters. The van der Waals surface area contributed by atoms with E-state index in [0.29, 0.717) is 23.7 Å². The van der Waals surface area contributed by atoms with Crippen LogP contribution in [-0.2, 0) is 4.79 Å². The van der Waals surface area contributed by atoms with Crippen molar-refractivity contribution in [3.8, 4) is 0 Å². The predicted octanol–water partition coefficient (Wildman–Crippen LogP) is 1.91. The number of hydrogen-bond acceptors (Lipinski definition) is 3. The van der Waals surface area contributed by atoms with Crippen molar-refractivity contribution in [2.24, 2.45) is 5.73 Å². The van der Waals surface area contributed by atoms with Gasteiger partial charge in [-0.3, -0.25) is 4.79 Å². The van der Waals surface area contributed by atoms with Crippen molar-refractivity contribution in [3.63, 3.8) is 0 Å². The van der Waals surface area contributed by atoms with Crippen LogP contribution in [0.2, 0.25) is 0 Å². The van der Waals surface area contributed by atoms with E-state index in [9.17, 15) is 4.79 Å². The second-order valence-corrected chi connectivity index (χ2v) is 5.21. The molecule has 0 aliphatic carbocycles. The van der Waals surface area contributed by atoms with Crippen molar-refractivity contribution in [2.75, 3.05) is 19.3 Å². The average molecular weight is 268 g/mol. The van der Waals surface area contributed by atoms with Gasteiger partial charge in [-0.05, 0) is 12.1 Å². The molecule has 5 heteroatoms. The zero-order valence-corrected chi connectivity index (χ0v) is 11.4. The number of nitrogens with zero attached hydrogens (tertiary/aromatic N) is 1. The van der Waals surface area contributed by atoms with Gasteiger partial charge in [-0.1, -0.05) is 30.4 Å². The van der Waals surface area contributed by atoms with E-state index >= 15 is 0 Å². The van der Waals surface area contributed by atoms with Crippen LogP contribution < -0.4 is 5.73 Å². The highest BCUT2D eigenvalue weighted by atomic mass is 32.2. The number of hydrogen-bond donors (Lipinski definition) is 1. The zero-order valence-electron chi connectivity index (χ0n) is 9.76. The third kappa shape index (κ3) is 5.70. The Balaban J connectivity index is 2.32. The van der Waals surface area contributed by atoms with E-state index in [0.717, 1.165) is 4.90 Å². The third-order valence-electron chi connectivity index (χ3n) is 2.22. The van der Waals surface area contributed by atoms with Gasteiger partial charge in [0.15, 0.2) is 0 Å². The van der Waals surface area contributed by atoms with E-state index in [4.69, 9.17) is 18.0 Å². The maximum atomic E-state index is 11.7. The number of thioether (sulfide) groups is 1. The Hall–Kier alpha value is -1.07. The lowest BCUT2D eigenvalue weighted by molar-refractivity contribution is -0.126. The molecule has 0 unspecified atom stereocenters. The minimum Gasteiger partial charge on any atom is -0.393 e. The van der Waals surface area contributed by atoms with Gasteiger partial charge in [-0.2, -0.15) is 0 Å². The van der Waals surface area contributed by atoms with Crippen molar-refractivity contribution in [2.45, 2.75) is 11.3 Å². The van der Waals surface area contributed by atoms with E-state index in [1.165, 1.54) is 11.8 Å². The highest BCUT2D eigenvalue weighted by Crippen LogP contribution is 2.17. The fraction of sp³-hybridized carbons (Fsp3) is 0.333. The van der Waals surface area contributed by atoms with Gasteiger partial charge in [-0.15, -0.1) is 11.8 Å². The first-order valence-electron chi connectivity index (χ1n) is 5.29. The van der Waals surface area contributed by atoms with E-state index in [2.05, 4.69) is 0 Å². The van der Waals surface area contributed by atoms with Crippen LogP contribution in [0, 0.1) is 0 Å². The summed E-state index contributed by atoms with van der Waals surface area (Å²) in [7, 11) is 1.77. The van der Waals surface area contributed by atoms with Crippen LogP contribution in [0.4, 0.5) is 0 Å². The summed E-state index contributed by atoms with van der Waals surface area (Å²) in [6, 6.07) is 9.87. The SMILES string of the molecule is CN(CCC(N)=S)C(=O)CSc1ccccc1. The molecule has 1 rings (SSSR count). The van der Waals surface area contributed by atoms with E-state index < -0.39 is 0 Å². The molecule has 0 aliphatic heterocycles. The number of carbonyl (C=O) groups is 1. The lowest BCUT2D eigenvalue weighted by Gasteiger charge is -2.16. The first-order valence-corrected chi connectivity index (χ1v) is 6.69. The summed E-state index contributed by atoms with van der Waals surface area (Å²) in [6.45, 7) is 0.587. The molecule has 17 heavy (non-hydrogen) atoms. The maximum absolute atomic E-state index is 11.7. The molecule has 2 N–H and O–H groups in total. The molecule has 1 aromatic carbocycles. The molecular formula is C12H16N2OS2. The third-order valence-corrected chi connectivity index (χ3v) is 3.43. The van der Waals surface area contributed by atoms with Crippen molar-refractivity contribution in [1.82, 2.24) is 4.90 Å². The zero-order chi connectivity index (χ0) is 12.7. The largest absolute Gasteiger partial charge is 0.393 e. The van der Waals surface area contributed by atoms with Crippen molar-refractivity contribution in [3.05, 3.63) is 30.3 Å². The lowest BCUT2D eigenvalue weighted by atomic mass is 10.4. The van der Waals surface area contributed by atoms with Crippen LogP contribution >= 0.6 is 24.0 Å². The minimum atomic E-state index is 0.0927. The van der Waals surface area contributed by atoms with Crippen molar-refractivity contribution >= 4 is 34.9 Å². The fourth-order valence-electron chi connectivity index (χ4n) is 1.17. The summed E-state index contributed by atoms with van der Waals surface area (Å²) in [4.78, 5) is 15.0. The van der Waals surface area contributed by atoms with Gasteiger partial charge in [-0.25, -0.2) is 0 Å². The Kier molecular flexibility index (Phi) is 6.00. The summed E-state index contributed by atoms with van der Waals surface area (Å²) >= 11 is 6.31. The van der Waals surface area contributed by atoms with Gasteiger partial charge < -0.3 is 10.6 Å². The standard InChI is InChI=1S/C12H16N2OS2/c1-14(8-7-11(13)16)12(15)9-17-10-5-3-2-4-6-10/h2-6H,7-9H2,1H3,(H2,13,16). The normalized spacial score (nSPS) is 9.94. The van der Waals surface area contributed by atoms with Gasteiger partial charge in [0, 0.05) is 24.9 Å². The number of nitrogens with two attached hydrogens (primary N) is 1. The van der Waals surface area contributed by atoms with Gasteiger partial charge >= 0.3 is 0 Å². The van der Waals surface area contributed by atoms with Crippen LogP contribution in [0.5, 0.6) is 0 Å². The van der Waals surface area contributed by atoms with Crippen molar-refractivity contribution in [1.29, 1.82) is 0 Å². The molecule has 0 saturated carbocycles. The molecule has 0 aliphatic rings. The molecule has 0 spiro atoms.